The molecule has 0 bridgehead atoms. The molecule has 1 N–H and O–H groups in total. The summed E-state index contributed by atoms with van der Waals surface area (Å²) in [7, 11) is 3.19. The van der Waals surface area contributed by atoms with Gasteiger partial charge in [0.25, 0.3) is 0 Å². The highest BCUT2D eigenvalue weighted by molar-refractivity contribution is 5.97. The fraction of sp³-hybridized carbons (Fsp3) is 0.500. The Morgan fingerprint density at radius 2 is 1.80 bits per heavy atom. The number of ether oxygens (including phenoxy) is 2. The van der Waals surface area contributed by atoms with E-state index in [1.807, 2.05) is 49.4 Å². The maximum atomic E-state index is 13.6. The van der Waals surface area contributed by atoms with Gasteiger partial charge in [-0.25, -0.2) is 0 Å². The average Bonchev–Trinajstić information content (AvgIpc) is 3.35. The molecule has 0 unspecified atom stereocenters. The zero-order valence-corrected chi connectivity index (χ0v) is 21.3. The van der Waals surface area contributed by atoms with E-state index in [9.17, 15) is 9.59 Å². The van der Waals surface area contributed by atoms with Crippen LogP contribution in [0.1, 0.15) is 49.8 Å². The Labute approximate surface area is 208 Å². The largest absolute Gasteiger partial charge is 0.493 e. The molecule has 35 heavy (non-hydrogen) atoms. The number of anilines is 1. The third kappa shape index (κ3) is 5.30. The van der Waals surface area contributed by atoms with E-state index in [1.165, 1.54) is 6.42 Å². The summed E-state index contributed by atoms with van der Waals surface area (Å²) in [5.41, 5.74) is 2.77. The molecule has 188 valence electrons. The molecule has 2 aromatic carbocycles. The summed E-state index contributed by atoms with van der Waals surface area (Å²) in [4.78, 5) is 31.1. The number of nitrogens with one attached hydrogen (secondary N) is 1. The third-order valence-electron chi connectivity index (χ3n) is 7.41. The van der Waals surface area contributed by atoms with E-state index in [4.69, 9.17) is 9.47 Å². The van der Waals surface area contributed by atoms with Crippen LogP contribution in [0.3, 0.4) is 0 Å². The lowest BCUT2D eigenvalue weighted by Crippen LogP contribution is -2.50. The standard InChI is InChI=1S/C28H37N3O4/c1-5-30-16-6-7-22(30)18-29-28(33)23-13-15-26(32)31(21-11-8-19(2)9-12-21)27(23)20-10-14-24(34-3)25(17-20)35-4/h8-12,14,17,22-23,27H,5-7,13,15-16,18H2,1-4H3,(H,29,33)/t22-,23+,27-/m1/s1. The fourth-order valence-corrected chi connectivity index (χ4v) is 5.49. The van der Waals surface area contributed by atoms with Gasteiger partial charge in [-0.1, -0.05) is 30.7 Å². The maximum absolute atomic E-state index is 13.6. The lowest BCUT2D eigenvalue weighted by molar-refractivity contribution is -0.129. The number of amides is 2. The van der Waals surface area contributed by atoms with Crippen LogP contribution < -0.4 is 19.7 Å². The summed E-state index contributed by atoms with van der Waals surface area (Å²) < 4.78 is 11.0. The summed E-state index contributed by atoms with van der Waals surface area (Å²) in [6.07, 6.45) is 3.11. The second-order valence-corrected chi connectivity index (χ2v) is 9.47. The Bertz CT molecular complexity index is 1040. The van der Waals surface area contributed by atoms with Crippen molar-refractivity contribution in [3.05, 3.63) is 53.6 Å². The van der Waals surface area contributed by atoms with Gasteiger partial charge in [0, 0.05) is 24.7 Å². The molecule has 0 aromatic heterocycles. The van der Waals surface area contributed by atoms with E-state index >= 15 is 0 Å². The molecule has 7 nitrogen and oxygen atoms in total. The summed E-state index contributed by atoms with van der Waals surface area (Å²) in [6, 6.07) is 13.5. The first-order chi connectivity index (χ1) is 17.0. The minimum atomic E-state index is -0.440. The van der Waals surface area contributed by atoms with E-state index in [1.54, 1.807) is 19.1 Å². The van der Waals surface area contributed by atoms with E-state index in [2.05, 4.69) is 17.1 Å². The van der Waals surface area contributed by atoms with Gasteiger partial charge < -0.3 is 19.7 Å². The second-order valence-electron chi connectivity index (χ2n) is 9.47. The molecule has 0 radical (unpaired) electrons. The highest BCUT2D eigenvalue weighted by Gasteiger charge is 2.42. The van der Waals surface area contributed by atoms with Gasteiger partial charge in [-0.05, 0) is 69.1 Å². The monoisotopic (exact) mass is 479 g/mol. The van der Waals surface area contributed by atoms with Gasteiger partial charge >= 0.3 is 0 Å². The molecular formula is C28H37N3O4. The van der Waals surface area contributed by atoms with E-state index < -0.39 is 6.04 Å². The summed E-state index contributed by atoms with van der Waals surface area (Å²) in [5.74, 6) is 0.837. The predicted molar refractivity (Wildman–Crippen MR) is 137 cm³/mol. The van der Waals surface area contributed by atoms with Crippen LogP contribution >= 0.6 is 0 Å². The number of aryl methyl sites for hydroxylation is 1. The molecule has 0 saturated carbocycles. The van der Waals surface area contributed by atoms with Crippen LogP contribution in [-0.2, 0) is 9.59 Å². The first-order valence-corrected chi connectivity index (χ1v) is 12.6. The van der Waals surface area contributed by atoms with Gasteiger partial charge in [-0.15, -0.1) is 0 Å². The van der Waals surface area contributed by atoms with Crippen LogP contribution in [-0.4, -0.2) is 56.6 Å². The number of nitrogens with zero attached hydrogens (tertiary/aromatic N) is 2. The molecule has 2 amide bonds. The quantitative estimate of drug-likeness (QED) is 0.617. The van der Waals surface area contributed by atoms with Crippen LogP contribution in [0.5, 0.6) is 11.5 Å². The first-order valence-electron chi connectivity index (χ1n) is 12.6. The minimum Gasteiger partial charge on any atom is -0.493 e. The molecular weight excluding hydrogens is 442 g/mol. The molecule has 7 heteroatoms. The third-order valence-corrected chi connectivity index (χ3v) is 7.41. The Kier molecular flexibility index (Phi) is 7.96. The fourth-order valence-electron chi connectivity index (χ4n) is 5.49. The summed E-state index contributed by atoms with van der Waals surface area (Å²) in [6.45, 7) is 6.91. The van der Waals surface area contributed by atoms with Crippen LogP contribution in [0, 0.1) is 12.8 Å². The summed E-state index contributed by atoms with van der Waals surface area (Å²) >= 11 is 0. The maximum Gasteiger partial charge on any atom is 0.227 e. The number of carbonyl (C=O) groups is 2. The number of rotatable bonds is 8. The molecule has 2 heterocycles. The molecule has 3 atom stereocenters. The van der Waals surface area contributed by atoms with E-state index in [0.717, 1.165) is 36.3 Å². The zero-order valence-electron chi connectivity index (χ0n) is 21.3. The Hall–Kier alpha value is -3.06. The molecule has 2 aliphatic heterocycles. The minimum absolute atomic E-state index is 0.00245. The predicted octanol–water partition coefficient (Wildman–Crippen LogP) is 4.10. The van der Waals surface area contributed by atoms with Crippen molar-refractivity contribution in [2.45, 2.75) is 51.6 Å². The van der Waals surface area contributed by atoms with E-state index in [-0.39, 0.29) is 17.7 Å². The Morgan fingerprint density at radius 1 is 1.06 bits per heavy atom. The topological polar surface area (TPSA) is 71.1 Å². The molecule has 4 rings (SSSR count). The van der Waals surface area contributed by atoms with Crippen LogP contribution in [0.25, 0.3) is 0 Å². The SMILES string of the molecule is CCN1CCC[C@@H]1CNC(=O)[C@H]1CCC(=O)N(c2ccc(C)cc2)[C@@H]1c1ccc(OC)c(OC)c1. The van der Waals surface area contributed by atoms with Crippen molar-refractivity contribution < 1.29 is 19.1 Å². The molecule has 2 aromatic rings. The van der Waals surface area contributed by atoms with Gasteiger partial charge in [-0.3, -0.25) is 14.5 Å². The lowest BCUT2D eigenvalue weighted by atomic mass is 9.83. The smallest absolute Gasteiger partial charge is 0.227 e. The van der Waals surface area contributed by atoms with Crippen LogP contribution in [0.2, 0.25) is 0 Å². The van der Waals surface area contributed by atoms with Gasteiger partial charge in [0.2, 0.25) is 11.8 Å². The molecule has 2 saturated heterocycles. The Morgan fingerprint density at radius 3 is 2.49 bits per heavy atom. The number of carbonyl (C=O) groups excluding carboxylic acids is 2. The lowest BCUT2D eigenvalue weighted by Gasteiger charge is -2.41. The van der Waals surface area contributed by atoms with Gasteiger partial charge in [0.15, 0.2) is 11.5 Å². The molecule has 2 fully saturated rings. The molecule has 0 aliphatic carbocycles. The molecule has 0 spiro atoms. The van der Waals surface area contributed by atoms with Crippen molar-refractivity contribution in [2.75, 3.05) is 38.8 Å². The second kappa shape index (κ2) is 11.1. The zero-order chi connectivity index (χ0) is 24.9. The van der Waals surface area contributed by atoms with E-state index in [0.29, 0.717) is 36.9 Å². The number of benzene rings is 2. The molecule has 2 aliphatic rings. The van der Waals surface area contributed by atoms with Crippen molar-refractivity contribution in [3.63, 3.8) is 0 Å². The van der Waals surface area contributed by atoms with Gasteiger partial charge in [-0.2, -0.15) is 0 Å². The van der Waals surface area contributed by atoms with Crippen molar-refractivity contribution >= 4 is 17.5 Å². The van der Waals surface area contributed by atoms with Crippen LogP contribution in [0.4, 0.5) is 5.69 Å². The highest BCUT2D eigenvalue weighted by atomic mass is 16.5. The van der Waals surface area contributed by atoms with Gasteiger partial charge in [0.1, 0.15) is 0 Å². The highest BCUT2D eigenvalue weighted by Crippen LogP contribution is 2.42. The number of likely N-dealkylation sites (tertiary alicyclic amines) is 1. The van der Waals surface area contributed by atoms with Crippen molar-refractivity contribution in [2.24, 2.45) is 5.92 Å². The number of likely N-dealkylation sites (N-methyl/N-ethyl adjacent to an activating group) is 1. The number of hydrogen-bond acceptors (Lipinski definition) is 5. The average molecular weight is 480 g/mol. The number of piperidine rings is 1. The number of hydrogen-bond donors (Lipinski definition) is 1. The van der Waals surface area contributed by atoms with Crippen molar-refractivity contribution in [3.8, 4) is 11.5 Å². The Balaban J connectivity index is 1.68. The van der Waals surface area contributed by atoms with Crippen molar-refractivity contribution in [1.82, 2.24) is 10.2 Å². The normalized spacial score (nSPS) is 22.8. The van der Waals surface area contributed by atoms with Crippen LogP contribution in [0.15, 0.2) is 42.5 Å². The van der Waals surface area contributed by atoms with Gasteiger partial charge in [0.05, 0.1) is 26.2 Å². The number of methoxy groups -OCH3 is 2. The summed E-state index contributed by atoms with van der Waals surface area (Å²) in [5, 5.41) is 3.23. The first kappa shape index (κ1) is 25.0. The van der Waals surface area contributed by atoms with Crippen molar-refractivity contribution in [1.29, 1.82) is 0 Å².